The lowest BCUT2D eigenvalue weighted by atomic mass is 10.0. The summed E-state index contributed by atoms with van der Waals surface area (Å²) in [6.45, 7) is 2.64. The van der Waals surface area contributed by atoms with Crippen molar-refractivity contribution in [2.45, 2.75) is 32.3 Å². The maximum atomic E-state index is 10.0. The number of aromatic nitrogens is 1. The lowest BCUT2D eigenvalue weighted by Crippen LogP contribution is -2.06. The second kappa shape index (κ2) is 5.31. The average Bonchev–Trinajstić information content (AvgIpc) is 2.85. The van der Waals surface area contributed by atoms with Crippen LogP contribution in [0.2, 0.25) is 0 Å². The summed E-state index contributed by atoms with van der Waals surface area (Å²) >= 11 is 1.61. The first-order valence-electron chi connectivity index (χ1n) is 6.69. The largest absolute Gasteiger partial charge is 0.494 e. The summed E-state index contributed by atoms with van der Waals surface area (Å²) in [6, 6.07) is 7.99. The number of nitrogens with zero attached hydrogens (tertiary/aromatic N) is 1. The van der Waals surface area contributed by atoms with Crippen LogP contribution >= 0.6 is 11.3 Å². The predicted octanol–water partition coefficient (Wildman–Crippen LogP) is 3.58. The van der Waals surface area contributed by atoms with Gasteiger partial charge in [0, 0.05) is 5.56 Å². The minimum atomic E-state index is -0.329. The molecule has 1 aliphatic rings. The standard InChI is InChI=1S/C15H17NO2S/c1-2-18-11-6-3-5-10(9-11)15-16-12-7-4-8-13(17)14(12)19-15/h3,5-6,9,13,17H,2,4,7-8H2,1H3. The van der Waals surface area contributed by atoms with Crippen LogP contribution in [0.5, 0.6) is 5.75 Å². The SMILES string of the molecule is CCOc1cccc(-c2nc3c(s2)C(O)CCC3)c1. The van der Waals surface area contributed by atoms with Gasteiger partial charge in [-0.25, -0.2) is 4.98 Å². The van der Waals surface area contributed by atoms with Crippen molar-refractivity contribution in [1.82, 2.24) is 4.98 Å². The quantitative estimate of drug-likeness (QED) is 0.931. The first-order chi connectivity index (χ1) is 9.28. The first-order valence-corrected chi connectivity index (χ1v) is 7.50. The van der Waals surface area contributed by atoms with Gasteiger partial charge in [-0.05, 0) is 38.3 Å². The Balaban J connectivity index is 1.96. The summed E-state index contributed by atoms with van der Waals surface area (Å²) in [7, 11) is 0. The molecule has 1 unspecified atom stereocenters. The number of hydrogen-bond donors (Lipinski definition) is 1. The Labute approximate surface area is 116 Å². The van der Waals surface area contributed by atoms with Gasteiger partial charge in [0.05, 0.1) is 23.3 Å². The Morgan fingerprint density at radius 2 is 2.37 bits per heavy atom. The van der Waals surface area contributed by atoms with Crippen LogP contribution in [0.4, 0.5) is 0 Å². The molecule has 0 saturated heterocycles. The Morgan fingerprint density at radius 3 is 3.16 bits per heavy atom. The molecule has 1 N–H and O–H groups in total. The van der Waals surface area contributed by atoms with E-state index < -0.39 is 0 Å². The van der Waals surface area contributed by atoms with Crippen molar-refractivity contribution in [2.24, 2.45) is 0 Å². The van der Waals surface area contributed by atoms with E-state index in [0.717, 1.165) is 46.2 Å². The minimum Gasteiger partial charge on any atom is -0.494 e. The predicted molar refractivity (Wildman–Crippen MR) is 76.6 cm³/mol. The summed E-state index contributed by atoms with van der Waals surface area (Å²) in [5.74, 6) is 0.869. The van der Waals surface area contributed by atoms with Gasteiger partial charge in [-0.3, -0.25) is 0 Å². The molecular weight excluding hydrogens is 258 g/mol. The summed E-state index contributed by atoms with van der Waals surface area (Å²) in [6.07, 6.45) is 2.53. The molecule has 0 saturated carbocycles. The molecule has 1 atom stereocenters. The van der Waals surface area contributed by atoms with Crippen molar-refractivity contribution in [1.29, 1.82) is 0 Å². The lowest BCUT2D eigenvalue weighted by molar-refractivity contribution is 0.160. The molecule has 0 amide bonds. The maximum Gasteiger partial charge on any atom is 0.124 e. The molecule has 1 aromatic carbocycles. The van der Waals surface area contributed by atoms with Crippen molar-refractivity contribution < 1.29 is 9.84 Å². The fraction of sp³-hybridized carbons (Fsp3) is 0.400. The Morgan fingerprint density at radius 1 is 1.47 bits per heavy atom. The van der Waals surface area contributed by atoms with E-state index in [-0.39, 0.29) is 6.10 Å². The van der Waals surface area contributed by atoms with Crippen molar-refractivity contribution in [3.05, 3.63) is 34.8 Å². The second-order valence-corrected chi connectivity index (χ2v) is 5.73. The van der Waals surface area contributed by atoms with E-state index in [1.807, 2.05) is 31.2 Å². The molecule has 0 bridgehead atoms. The van der Waals surface area contributed by atoms with E-state index >= 15 is 0 Å². The van der Waals surface area contributed by atoms with Crippen LogP contribution in [-0.2, 0) is 6.42 Å². The number of aryl methyl sites for hydroxylation is 1. The zero-order valence-corrected chi connectivity index (χ0v) is 11.7. The molecule has 4 heteroatoms. The molecule has 3 rings (SSSR count). The number of rotatable bonds is 3. The number of thiazole rings is 1. The van der Waals surface area contributed by atoms with Crippen LogP contribution in [-0.4, -0.2) is 16.7 Å². The zero-order chi connectivity index (χ0) is 13.2. The van der Waals surface area contributed by atoms with E-state index in [2.05, 4.69) is 4.98 Å². The van der Waals surface area contributed by atoms with E-state index in [1.54, 1.807) is 11.3 Å². The third kappa shape index (κ3) is 2.51. The molecule has 1 aliphatic carbocycles. The smallest absolute Gasteiger partial charge is 0.124 e. The number of ether oxygens (including phenoxy) is 1. The molecule has 1 aromatic heterocycles. The average molecular weight is 275 g/mol. The van der Waals surface area contributed by atoms with Gasteiger partial charge in [0.15, 0.2) is 0 Å². The van der Waals surface area contributed by atoms with Crippen molar-refractivity contribution in [3.8, 4) is 16.3 Å². The lowest BCUT2D eigenvalue weighted by Gasteiger charge is -2.14. The van der Waals surface area contributed by atoms with Gasteiger partial charge in [-0.1, -0.05) is 12.1 Å². The zero-order valence-electron chi connectivity index (χ0n) is 10.9. The van der Waals surface area contributed by atoms with Crippen molar-refractivity contribution in [3.63, 3.8) is 0 Å². The van der Waals surface area contributed by atoms with Gasteiger partial charge in [-0.15, -0.1) is 11.3 Å². The number of hydrogen-bond acceptors (Lipinski definition) is 4. The molecule has 100 valence electrons. The molecule has 2 aromatic rings. The molecule has 19 heavy (non-hydrogen) atoms. The van der Waals surface area contributed by atoms with E-state index in [0.29, 0.717) is 6.61 Å². The summed E-state index contributed by atoms with van der Waals surface area (Å²) < 4.78 is 5.52. The highest BCUT2D eigenvalue weighted by Crippen LogP contribution is 2.38. The minimum absolute atomic E-state index is 0.329. The van der Waals surface area contributed by atoms with Crippen LogP contribution in [0, 0.1) is 0 Å². The van der Waals surface area contributed by atoms with Crippen LogP contribution < -0.4 is 4.74 Å². The fourth-order valence-corrected chi connectivity index (χ4v) is 3.53. The third-order valence-electron chi connectivity index (χ3n) is 3.31. The molecule has 3 nitrogen and oxygen atoms in total. The van der Waals surface area contributed by atoms with Gasteiger partial charge in [0.1, 0.15) is 10.8 Å². The van der Waals surface area contributed by atoms with E-state index in [4.69, 9.17) is 4.74 Å². The highest BCUT2D eigenvalue weighted by Gasteiger charge is 2.23. The monoisotopic (exact) mass is 275 g/mol. The fourth-order valence-electron chi connectivity index (χ4n) is 2.41. The second-order valence-electron chi connectivity index (χ2n) is 4.70. The Bertz CT molecular complexity index is 579. The van der Waals surface area contributed by atoms with Gasteiger partial charge < -0.3 is 9.84 Å². The Hall–Kier alpha value is -1.39. The summed E-state index contributed by atoms with van der Waals surface area (Å²) in [4.78, 5) is 5.72. The van der Waals surface area contributed by atoms with Crippen LogP contribution in [0.25, 0.3) is 10.6 Å². The maximum absolute atomic E-state index is 10.0. The highest BCUT2D eigenvalue weighted by atomic mass is 32.1. The molecule has 0 fully saturated rings. The third-order valence-corrected chi connectivity index (χ3v) is 4.56. The number of fused-ring (bicyclic) bond motifs is 1. The topological polar surface area (TPSA) is 42.4 Å². The first kappa shape index (κ1) is 12.6. The van der Waals surface area contributed by atoms with Crippen molar-refractivity contribution >= 4 is 11.3 Å². The van der Waals surface area contributed by atoms with Crippen LogP contribution in [0.3, 0.4) is 0 Å². The van der Waals surface area contributed by atoms with E-state index in [9.17, 15) is 5.11 Å². The van der Waals surface area contributed by atoms with Crippen molar-refractivity contribution in [2.75, 3.05) is 6.61 Å². The molecule has 0 spiro atoms. The highest BCUT2D eigenvalue weighted by molar-refractivity contribution is 7.15. The van der Waals surface area contributed by atoms with Gasteiger partial charge in [-0.2, -0.15) is 0 Å². The molecule has 0 radical (unpaired) electrons. The van der Waals surface area contributed by atoms with Gasteiger partial charge >= 0.3 is 0 Å². The van der Waals surface area contributed by atoms with Crippen LogP contribution in [0.15, 0.2) is 24.3 Å². The normalized spacial score (nSPS) is 18.1. The molecule has 1 heterocycles. The van der Waals surface area contributed by atoms with Gasteiger partial charge in [0.25, 0.3) is 0 Å². The Kier molecular flexibility index (Phi) is 3.53. The summed E-state index contributed by atoms with van der Waals surface area (Å²) in [5, 5.41) is 11.0. The van der Waals surface area contributed by atoms with E-state index in [1.165, 1.54) is 0 Å². The number of aliphatic hydroxyl groups is 1. The summed E-state index contributed by atoms with van der Waals surface area (Å²) in [5.41, 5.74) is 2.14. The number of aliphatic hydroxyl groups excluding tert-OH is 1. The molecular formula is C15H17NO2S. The molecule has 0 aliphatic heterocycles. The van der Waals surface area contributed by atoms with Crippen LogP contribution in [0.1, 0.15) is 36.4 Å². The number of benzene rings is 1. The van der Waals surface area contributed by atoms with Gasteiger partial charge in [0.2, 0.25) is 0 Å².